The van der Waals surface area contributed by atoms with Crippen LogP contribution in [0.1, 0.15) is 10.4 Å². The molecular formula is C12H6F10O2. The molecule has 0 spiro atoms. The monoisotopic (exact) mass is 372 g/mol. The van der Waals surface area contributed by atoms with Gasteiger partial charge in [0, 0.05) is 6.07 Å². The summed E-state index contributed by atoms with van der Waals surface area (Å²) in [6.07, 6.45) is -5.12. The van der Waals surface area contributed by atoms with Crippen LogP contribution in [0.4, 0.5) is 43.9 Å². The average Bonchev–Trinajstić information content (AvgIpc) is 2.44. The highest BCUT2D eigenvalue weighted by molar-refractivity contribution is 5.89. The Balaban J connectivity index is 2.93. The first-order valence-corrected chi connectivity index (χ1v) is 5.78. The minimum atomic E-state index is -6.56. The Kier molecular flexibility index (Phi) is 5.41. The molecule has 1 rings (SSSR count). The number of hydrogen-bond donors (Lipinski definition) is 0. The van der Waals surface area contributed by atoms with E-state index in [1.165, 1.54) is 0 Å². The molecule has 0 radical (unpaired) electrons. The van der Waals surface area contributed by atoms with E-state index in [2.05, 4.69) is 4.74 Å². The van der Waals surface area contributed by atoms with Crippen LogP contribution >= 0.6 is 0 Å². The zero-order chi connectivity index (χ0) is 18.9. The second-order valence-corrected chi connectivity index (χ2v) is 4.40. The van der Waals surface area contributed by atoms with Crippen molar-refractivity contribution in [2.24, 2.45) is 0 Å². The number of ether oxygens (including phenoxy) is 1. The summed E-state index contributed by atoms with van der Waals surface area (Å²) < 4.78 is 130. The lowest BCUT2D eigenvalue weighted by molar-refractivity contribution is -0.343. The van der Waals surface area contributed by atoms with Crippen molar-refractivity contribution in [2.45, 2.75) is 24.2 Å². The normalized spacial score (nSPS) is 13.3. The third-order valence-corrected chi connectivity index (χ3v) is 2.69. The molecule has 24 heavy (non-hydrogen) atoms. The minimum absolute atomic E-state index is 0.133. The first-order valence-electron chi connectivity index (χ1n) is 5.78. The van der Waals surface area contributed by atoms with Gasteiger partial charge in [-0.15, -0.1) is 0 Å². The first kappa shape index (κ1) is 20.0. The fraction of sp³-hybridized carbons (Fsp3) is 0.417. The predicted molar refractivity (Wildman–Crippen MR) is 57.5 cm³/mol. The molecule has 12 heteroatoms. The summed E-state index contributed by atoms with van der Waals surface area (Å²) in [5.74, 6) is -23.6. The molecule has 0 aliphatic rings. The summed E-state index contributed by atoms with van der Waals surface area (Å²) in [5, 5.41) is 0. The molecule has 136 valence electrons. The lowest BCUT2D eigenvalue weighted by Gasteiger charge is -2.31. The SMILES string of the molecule is O=C(OCC(F)(F)C(F)(F)C(F)(F)C(F)F)c1ccc(F)cc1F. The Morgan fingerprint density at radius 3 is 2.04 bits per heavy atom. The van der Waals surface area contributed by atoms with Crippen LogP contribution in [0.2, 0.25) is 0 Å². The number of hydrogen-bond acceptors (Lipinski definition) is 2. The predicted octanol–water partition coefficient (Wildman–Crippen LogP) is 4.29. The summed E-state index contributed by atoms with van der Waals surface area (Å²) in [4.78, 5) is 11.2. The Morgan fingerprint density at radius 1 is 1.04 bits per heavy atom. The van der Waals surface area contributed by atoms with Gasteiger partial charge in [-0.25, -0.2) is 22.4 Å². The molecule has 0 atom stereocenters. The zero-order valence-corrected chi connectivity index (χ0v) is 11.1. The molecule has 0 aliphatic heterocycles. The number of benzene rings is 1. The van der Waals surface area contributed by atoms with Gasteiger partial charge in [0.05, 0.1) is 5.56 Å². The van der Waals surface area contributed by atoms with Gasteiger partial charge in [-0.2, -0.15) is 26.3 Å². The van der Waals surface area contributed by atoms with Crippen LogP contribution in [0.3, 0.4) is 0 Å². The highest BCUT2D eigenvalue weighted by Crippen LogP contribution is 2.48. The number of esters is 1. The van der Waals surface area contributed by atoms with Crippen molar-refractivity contribution in [2.75, 3.05) is 6.61 Å². The van der Waals surface area contributed by atoms with Crippen molar-refractivity contribution in [3.8, 4) is 0 Å². The molecule has 1 aromatic rings. The molecule has 0 aromatic heterocycles. The largest absolute Gasteiger partial charge is 0.455 e. The highest BCUT2D eigenvalue weighted by Gasteiger charge is 2.75. The van der Waals surface area contributed by atoms with Crippen molar-refractivity contribution >= 4 is 5.97 Å². The molecule has 0 saturated heterocycles. The van der Waals surface area contributed by atoms with E-state index in [0.29, 0.717) is 12.1 Å². The van der Waals surface area contributed by atoms with Crippen LogP contribution in [-0.4, -0.2) is 36.8 Å². The van der Waals surface area contributed by atoms with Crippen LogP contribution in [0.5, 0.6) is 0 Å². The molecule has 0 amide bonds. The number of carbonyl (C=O) groups is 1. The highest BCUT2D eigenvalue weighted by atomic mass is 19.4. The smallest absolute Gasteiger partial charge is 0.381 e. The molecule has 0 aliphatic carbocycles. The fourth-order valence-corrected chi connectivity index (χ4v) is 1.36. The van der Waals surface area contributed by atoms with E-state index in [1.54, 1.807) is 0 Å². The topological polar surface area (TPSA) is 26.3 Å². The molecule has 0 saturated carbocycles. The molecule has 0 unspecified atom stereocenters. The Bertz CT molecular complexity index is 614. The third kappa shape index (κ3) is 3.56. The molecule has 1 aromatic carbocycles. The van der Waals surface area contributed by atoms with Gasteiger partial charge >= 0.3 is 30.2 Å². The van der Waals surface area contributed by atoms with Crippen molar-refractivity contribution in [1.82, 2.24) is 0 Å². The standard InChI is InChI=1S/C12H6F10O2/c13-5-1-2-6(7(14)3-5)8(23)24-4-10(17,18)12(21,22)11(19,20)9(15)16/h1-3,9H,4H2. The van der Waals surface area contributed by atoms with E-state index in [4.69, 9.17) is 0 Å². The van der Waals surface area contributed by atoms with Crippen molar-refractivity contribution in [3.63, 3.8) is 0 Å². The summed E-state index contributed by atoms with van der Waals surface area (Å²) in [6, 6.07) is 1.04. The van der Waals surface area contributed by atoms with Gasteiger partial charge in [-0.05, 0) is 12.1 Å². The molecule has 0 N–H and O–H groups in total. The van der Waals surface area contributed by atoms with Gasteiger partial charge in [-0.3, -0.25) is 0 Å². The van der Waals surface area contributed by atoms with E-state index < -0.39 is 54.0 Å². The summed E-state index contributed by atoms with van der Waals surface area (Å²) in [7, 11) is 0. The van der Waals surface area contributed by atoms with E-state index in [0.717, 1.165) is 0 Å². The quantitative estimate of drug-likeness (QED) is 0.550. The maximum absolute atomic E-state index is 13.2. The molecule has 0 bridgehead atoms. The lowest BCUT2D eigenvalue weighted by atomic mass is 10.1. The number of rotatable bonds is 6. The van der Waals surface area contributed by atoms with E-state index in [9.17, 15) is 48.7 Å². The van der Waals surface area contributed by atoms with Gasteiger partial charge in [0.15, 0.2) is 6.61 Å². The molecular weight excluding hydrogens is 366 g/mol. The second-order valence-electron chi connectivity index (χ2n) is 4.40. The summed E-state index contributed by atoms with van der Waals surface area (Å²) in [6.45, 7) is -2.74. The van der Waals surface area contributed by atoms with Gasteiger partial charge in [-0.1, -0.05) is 0 Å². The fourth-order valence-electron chi connectivity index (χ4n) is 1.36. The van der Waals surface area contributed by atoms with Gasteiger partial charge in [0.25, 0.3) is 0 Å². The van der Waals surface area contributed by atoms with Crippen LogP contribution < -0.4 is 0 Å². The van der Waals surface area contributed by atoms with Crippen molar-refractivity contribution < 1.29 is 53.4 Å². The maximum Gasteiger partial charge on any atom is 0.381 e. The number of carbonyl (C=O) groups excluding carboxylic acids is 1. The van der Waals surface area contributed by atoms with E-state index in [1.807, 2.05) is 0 Å². The van der Waals surface area contributed by atoms with Crippen LogP contribution in [0.25, 0.3) is 0 Å². The first-order chi connectivity index (χ1) is 10.7. The molecule has 2 nitrogen and oxygen atoms in total. The van der Waals surface area contributed by atoms with Crippen LogP contribution in [0, 0.1) is 11.6 Å². The Hall–Kier alpha value is -2.01. The minimum Gasteiger partial charge on any atom is -0.455 e. The maximum atomic E-state index is 13.2. The summed E-state index contributed by atoms with van der Waals surface area (Å²) in [5.41, 5.74) is -1.16. The van der Waals surface area contributed by atoms with Crippen LogP contribution in [-0.2, 0) is 4.74 Å². The number of halogens is 10. The Morgan fingerprint density at radius 2 is 1.58 bits per heavy atom. The van der Waals surface area contributed by atoms with E-state index >= 15 is 0 Å². The van der Waals surface area contributed by atoms with E-state index in [-0.39, 0.29) is 6.07 Å². The average molecular weight is 372 g/mol. The third-order valence-electron chi connectivity index (χ3n) is 2.69. The molecule has 0 fully saturated rings. The lowest BCUT2D eigenvalue weighted by Crippen LogP contribution is -2.59. The van der Waals surface area contributed by atoms with Gasteiger partial charge in [0.2, 0.25) is 0 Å². The van der Waals surface area contributed by atoms with Crippen LogP contribution in [0.15, 0.2) is 18.2 Å². The second kappa shape index (κ2) is 6.48. The Labute approximate surface area is 127 Å². The van der Waals surface area contributed by atoms with Gasteiger partial charge < -0.3 is 4.74 Å². The zero-order valence-electron chi connectivity index (χ0n) is 11.1. The van der Waals surface area contributed by atoms with Gasteiger partial charge in [0.1, 0.15) is 11.6 Å². The molecule has 0 heterocycles. The summed E-state index contributed by atoms with van der Waals surface area (Å²) >= 11 is 0. The van der Waals surface area contributed by atoms with Crippen molar-refractivity contribution in [1.29, 1.82) is 0 Å². The van der Waals surface area contributed by atoms with Crippen molar-refractivity contribution in [3.05, 3.63) is 35.4 Å². The number of alkyl halides is 8.